The Bertz CT molecular complexity index is 1300. The number of carbonyl (C=O) groups is 3. The van der Waals surface area contributed by atoms with Crippen LogP contribution in [0.1, 0.15) is 64.7 Å². The van der Waals surface area contributed by atoms with E-state index in [1.165, 1.54) is 12.0 Å². The molecule has 0 radical (unpaired) electrons. The van der Waals surface area contributed by atoms with Crippen LogP contribution in [0, 0.1) is 12.8 Å². The van der Waals surface area contributed by atoms with Crippen LogP contribution in [-0.4, -0.2) is 48.4 Å². The summed E-state index contributed by atoms with van der Waals surface area (Å²) in [5, 5.41) is 2.85. The SMILES string of the molecule is COC(=O)N1C(CC(C)C)=C(CNC(=O)OC(C)(C)C)C(c2ccc(C)cc2)=C(C(=O)OCc2ccccc2)C1C. The minimum absolute atomic E-state index is 0.0237. The van der Waals surface area contributed by atoms with E-state index in [0.29, 0.717) is 28.8 Å². The monoisotopic (exact) mass is 562 g/mol. The van der Waals surface area contributed by atoms with Gasteiger partial charge in [0.25, 0.3) is 0 Å². The van der Waals surface area contributed by atoms with Gasteiger partial charge in [-0.1, -0.05) is 74.0 Å². The van der Waals surface area contributed by atoms with E-state index in [4.69, 9.17) is 14.2 Å². The molecule has 2 aromatic rings. The van der Waals surface area contributed by atoms with Crippen molar-refractivity contribution >= 4 is 23.7 Å². The maximum Gasteiger partial charge on any atom is 0.414 e. The van der Waals surface area contributed by atoms with Crippen molar-refractivity contribution in [1.29, 1.82) is 0 Å². The van der Waals surface area contributed by atoms with E-state index in [9.17, 15) is 14.4 Å². The second-order valence-electron chi connectivity index (χ2n) is 11.6. The summed E-state index contributed by atoms with van der Waals surface area (Å²) in [5.41, 5.74) is 4.22. The average molecular weight is 563 g/mol. The van der Waals surface area contributed by atoms with Gasteiger partial charge in [-0.25, -0.2) is 14.4 Å². The van der Waals surface area contributed by atoms with E-state index < -0.39 is 29.8 Å². The average Bonchev–Trinajstić information content (AvgIpc) is 2.90. The molecule has 0 fully saturated rings. The Kier molecular flexibility index (Phi) is 10.4. The molecular weight excluding hydrogens is 520 g/mol. The van der Waals surface area contributed by atoms with E-state index in [0.717, 1.165) is 16.7 Å². The summed E-state index contributed by atoms with van der Waals surface area (Å²) in [6.07, 6.45) is -0.695. The fourth-order valence-electron chi connectivity index (χ4n) is 4.79. The van der Waals surface area contributed by atoms with Crippen LogP contribution in [-0.2, 0) is 25.6 Å². The summed E-state index contributed by atoms with van der Waals surface area (Å²) in [6.45, 7) is 13.3. The van der Waals surface area contributed by atoms with Gasteiger partial charge in [0.05, 0.1) is 18.7 Å². The van der Waals surface area contributed by atoms with Crippen molar-refractivity contribution < 1.29 is 28.6 Å². The number of aryl methyl sites for hydroxylation is 1. The minimum atomic E-state index is -0.694. The number of hydrogen-bond donors (Lipinski definition) is 1. The van der Waals surface area contributed by atoms with Gasteiger partial charge in [0.1, 0.15) is 12.2 Å². The Morgan fingerprint density at radius 3 is 2.20 bits per heavy atom. The Morgan fingerprint density at radius 1 is 1.00 bits per heavy atom. The van der Waals surface area contributed by atoms with Crippen LogP contribution < -0.4 is 5.32 Å². The summed E-state index contributed by atoms with van der Waals surface area (Å²) >= 11 is 0. The molecular formula is C33H42N2O6. The van der Waals surface area contributed by atoms with Gasteiger partial charge in [0.15, 0.2) is 0 Å². The fraction of sp³-hybridized carbons (Fsp3) is 0.424. The van der Waals surface area contributed by atoms with Gasteiger partial charge >= 0.3 is 18.2 Å². The highest BCUT2D eigenvalue weighted by Gasteiger charge is 2.40. The lowest BCUT2D eigenvalue weighted by molar-refractivity contribution is -0.140. The summed E-state index contributed by atoms with van der Waals surface area (Å²) in [5.74, 6) is -0.393. The maximum absolute atomic E-state index is 13.9. The van der Waals surface area contributed by atoms with Crippen LogP contribution >= 0.6 is 0 Å². The molecule has 1 aliphatic heterocycles. The van der Waals surface area contributed by atoms with Crippen LogP contribution in [0.5, 0.6) is 0 Å². The van der Waals surface area contributed by atoms with Gasteiger partial charge in [-0.05, 0) is 63.7 Å². The Labute approximate surface area is 243 Å². The van der Waals surface area contributed by atoms with Crippen molar-refractivity contribution in [2.24, 2.45) is 5.92 Å². The van der Waals surface area contributed by atoms with Gasteiger partial charge in [-0.2, -0.15) is 0 Å². The molecule has 2 aromatic carbocycles. The third-order valence-corrected chi connectivity index (χ3v) is 6.57. The predicted molar refractivity (Wildman–Crippen MR) is 159 cm³/mol. The number of esters is 1. The third kappa shape index (κ3) is 8.22. The molecule has 0 spiro atoms. The smallest absolute Gasteiger partial charge is 0.414 e. The predicted octanol–water partition coefficient (Wildman–Crippen LogP) is 6.79. The molecule has 1 aliphatic rings. The largest absolute Gasteiger partial charge is 0.457 e. The lowest BCUT2D eigenvalue weighted by Gasteiger charge is -2.39. The topological polar surface area (TPSA) is 94.2 Å². The zero-order valence-electron chi connectivity index (χ0n) is 25.4. The minimum Gasteiger partial charge on any atom is -0.457 e. The lowest BCUT2D eigenvalue weighted by atomic mass is 9.82. The van der Waals surface area contributed by atoms with Crippen molar-refractivity contribution in [2.45, 2.75) is 73.1 Å². The number of amides is 2. The molecule has 0 bridgehead atoms. The molecule has 0 saturated carbocycles. The molecule has 220 valence electrons. The van der Waals surface area contributed by atoms with Crippen LogP contribution in [0.3, 0.4) is 0 Å². The number of allylic oxidation sites excluding steroid dienone is 1. The first-order chi connectivity index (χ1) is 19.3. The van der Waals surface area contributed by atoms with Crippen LogP contribution in [0.15, 0.2) is 71.4 Å². The molecule has 3 rings (SSSR count). The number of nitrogens with one attached hydrogen (secondary N) is 1. The summed E-state index contributed by atoms with van der Waals surface area (Å²) in [6, 6.07) is 16.5. The third-order valence-electron chi connectivity index (χ3n) is 6.57. The molecule has 1 atom stereocenters. The second-order valence-corrected chi connectivity index (χ2v) is 11.6. The molecule has 1 heterocycles. The van der Waals surface area contributed by atoms with Gasteiger partial charge in [0.2, 0.25) is 0 Å². The summed E-state index contributed by atoms with van der Waals surface area (Å²) in [4.78, 5) is 41.4. The number of nitrogens with zero attached hydrogens (tertiary/aromatic N) is 1. The first-order valence-corrected chi connectivity index (χ1v) is 13.9. The number of rotatable bonds is 8. The van der Waals surface area contributed by atoms with E-state index in [1.807, 2.05) is 75.4 Å². The molecule has 0 aromatic heterocycles. The van der Waals surface area contributed by atoms with Gasteiger partial charge < -0.3 is 19.5 Å². The number of ether oxygens (including phenoxy) is 3. The highest BCUT2D eigenvalue weighted by atomic mass is 16.6. The van der Waals surface area contributed by atoms with Gasteiger partial charge in [-0.3, -0.25) is 4.90 Å². The Balaban J connectivity index is 2.23. The molecule has 41 heavy (non-hydrogen) atoms. The Morgan fingerprint density at radius 2 is 1.63 bits per heavy atom. The zero-order valence-corrected chi connectivity index (χ0v) is 25.4. The van der Waals surface area contributed by atoms with Crippen molar-refractivity contribution in [2.75, 3.05) is 13.7 Å². The standard InChI is InChI=1S/C33H42N2O6/c1-21(2)18-27-26(19-34-31(37)41-33(5,6)7)29(25-16-14-22(3)15-17-25)28(23(4)35(27)32(38)39-8)30(36)40-20-24-12-10-9-11-13-24/h9-17,21,23H,18-20H2,1-8H3,(H,34,37). The zero-order chi connectivity index (χ0) is 30.3. The molecule has 8 nitrogen and oxygen atoms in total. The first kappa shape index (κ1) is 31.5. The molecule has 2 amide bonds. The van der Waals surface area contributed by atoms with Crippen molar-refractivity contribution in [3.8, 4) is 0 Å². The number of alkyl carbamates (subject to hydrolysis) is 1. The van der Waals surface area contributed by atoms with Crippen LogP contribution in [0.25, 0.3) is 5.57 Å². The maximum atomic E-state index is 13.9. The normalized spacial score (nSPS) is 15.6. The Hall–Kier alpha value is -4.07. The van der Waals surface area contributed by atoms with Crippen LogP contribution in [0.4, 0.5) is 9.59 Å². The highest BCUT2D eigenvalue weighted by molar-refractivity contribution is 6.05. The molecule has 8 heteroatoms. The van der Waals surface area contributed by atoms with Gasteiger partial charge in [-0.15, -0.1) is 0 Å². The van der Waals surface area contributed by atoms with Crippen molar-refractivity contribution in [3.05, 3.63) is 88.1 Å². The number of carbonyl (C=O) groups excluding carboxylic acids is 3. The molecule has 0 aliphatic carbocycles. The molecule has 0 saturated heterocycles. The number of methoxy groups -OCH3 is 1. The fourth-order valence-corrected chi connectivity index (χ4v) is 4.79. The first-order valence-electron chi connectivity index (χ1n) is 13.9. The van der Waals surface area contributed by atoms with E-state index in [2.05, 4.69) is 5.32 Å². The number of benzene rings is 2. The molecule has 1 unspecified atom stereocenters. The summed E-state index contributed by atoms with van der Waals surface area (Å²) in [7, 11) is 1.31. The second kappa shape index (κ2) is 13.5. The van der Waals surface area contributed by atoms with E-state index >= 15 is 0 Å². The lowest BCUT2D eigenvalue weighted by Crippen LogP contribution is -2.46. The highest BCUT2D eigenvalue weighted by Crippen LogP contribution is 2.41. The summed E-state index contributed by atoms with van der Waals surface area (Å²) < 4.78 is 16.5. The quantitative estimate of drug-likeness (QED) is 0.281. The molecule has 1 N–H and O–H groups in total. The van der Waals surface area contributed by atoms with Crippen molar-refractivity contribution in [3.63, 3.8) is 0 Å². The van der Waals surface area contributed by atoms with Crippen LogP contribution in [0.2, 0.25) is 0 Å². The number of hydrogen-bond acceptors (Lipinski definition) is 6. The van der Waals surface area contributed by atoms with Gasteiger partial charge in [0, 0.05) is 17.8 Å². The van der Waals surface area contributed by atoms with E-state index in [1.54, 1.807) is 27.7 Å². The van der Waals surface area contributed by atoms with E-state index in [-0.39, 0.29) is 19.1 Å². The van der Waals surface area contributed by atoms with Crippen molar-refractivity contribution in [1.82, 2.24) is 10.2 Å².